The molecule has 0 aliphatic heterocycles. The molecule has 0 bridgehead atoms. The summed E-state index contributed by atoms with van der Waals surface area (Å²) in [6, 6.07) is 4.86. The van der Waals surface area contributed by atoms with Gasteiger partial charge in [0.05, 0.1) is 6.42 Å². The van der Waals surface area contributed by atoms with Gasteiger partial charge in [-0.15, -0.1) is 0 Å². The highest BCUT2D eigenvalue weighted by atomic mass is 16.6. The van der Waals surface area contributed by atoms with Gasteiger partial charge in [0.25, 0.3) is 0 Å². The van der Waals surface area contributed by atoms with E-state index in [1.165, 1.54) is 4.90 Å². The Morgan fingerprint density at radius 2 is 1.88 bits per heavy atom. The first kappa shape index (κ1) is 28.7. The fraction of sp³-hybridized carbons (Fsp3) is 0.520. The zero-order valence-corrected chi connectivity index (χ0v) is 20.8. The molecule has 0 saturated carbocycles. The average Bonchev–Trinajstić information content (AvgIpc) is 2.74. The summed E-state index contributed by atoms with van der Waals surface area (Å²) >= 11 is 0. The summed E-state index contributed by atoms with van der Waals surface area (Å²) in [5.74, 6) is -1.75. The normalized spacial score (nSPS) is 12.7. The second-order valence-electron chi connectivity index (χ2n) is 8.91. The van der Waals surface area contributed by atoms with Crippen LogP contribution < -0.4 is 16.4 Å². The molecule has 9 nitrogen and oxygen atoms in total. The van der Waals surface area contributed by atoms with Crippen molar-refractivity contribution in [2.75, 3.05) is 13.1 Å². The standard InChI is InChI=1S/C25H38N4O5/c1-7-10-14-27-22(31)21(18-13-11-12-17(8-2)15-18)29(9-3)23(32)19(16-20(26)30)28-24(33)34-25(4,5)6/h8,11-13,15,19,21H,2,7,9-10,14,16H2,1,3-6H3,(H2,26,30)(H,27,31)(H,28,33). The van der Waals surface area contributed by atoms with Gasteiger partial charge < -0.3 is 26.0 Å². The number of benzene rings is 1. The van der Waals surface area contributed by atoms with Crippen LogP contribution in [0.4, 0.5) is 4.79 Å². The van der Waals surface area contributed by atoms with Crippen LogP contribution in [-0.2, 0) is 19.1 Å². The summed E-state index contributed by atoms with van der Waals surface area (Å²) < 4.78 is 5.24. The smallest absolute Gasteiger partial charge is 0.408 e. The molecule has 4 N–H and O–H groups in total. The first-order valence-electron chi connectivity index (χ1n) is 11.5. The maximum absolute atomic E-state index is 13.6. The SMILES string of the molecule is C=Cc1cccc(C(C(=O)NCCCC)N(CC)C(=O)C(CC(N)=O)NC(=O)OC(C)(C)C)c1. The summed E-state index contributed by atoms with van der Waals surface area (Å²) in [6.45, 7) is 13.1. The van der Waals surface area contributed by atoms with E-state index in [-0.39, 0.29) is 12.5 Å². The summed E-state index contributed by atoms with van der Waals surface area (Å²) in [7, 11) is 0. The van der Waals surface area contributed by atoms with Crippen molar-refractivity contribution in [3.8, 4) is 0 Å². The van der Waals surface area contributed by atoms with Crippen LogP contribution in [0.2, 0.25) is 0 Å². The number of amides is 4. The van der Waals surface area contributed by atoms with Crippen LogP contribution in [0.15, 0.2) is 30.8 Å². The molecule has 2 unspecified atom stereocenters. The van der Waals surface area contributed by atoms with E-state index in [0.717, 1.165) is 18.4 Å². The number of alkyl carbamates (subject to hydrolysis) is 1. The molecular formula is C25H38N4O5. The lowest BCUT2D eigenvalue weighted by Gasteiger charge is -2.33. The van der Waals surface area contributed by atoms with Gasteiger partial charge in [0.2, 0.25) is 17.7 Å². The molecule has 1 aromatic rings. The van der Waals surface area contributed by atoms with Crippen LogP contribution in [0.5, 0.6) is 0 Å². The first-order chi connectivity index (χ1) is 15.9. The van der Waals surface area contributed by atoms with Gasteiger partial charge in [0.15, 0.2) is 0 Å². The van der Waals surface area contributed by atoms with Gasteiger partial charge in [-0.3, -0.25) is 14.4 Å². The quantitative estimate of drug-likeness (QED) is 0.401. The Hall–Kier alpha value is -3.36. The van der Waals surface area contributed by atoms with Crippen molar-refractivity contribution >= 4 is 29.9 Å². The predicted octanol–water partition coefficient (Wildman–Crippen LogP) is 2.90. The molecule has 1 aromatic carbocycles. The molecule has 1 rings (SSSR count). The number of carbonyl (C=O) groups is 4. The van der Waals surface area contributed by atoms with Crippen LogP contribution in [0, 0.1) is 0 Å². The largest absolute Gasteiger partial charge is 0.444 e. The molecule has 34 heavy (non-hydrogen) atoms. The number of nitrogens with zero attached hydrogens (tertiary/aromatic N) is 1. The second-order valence-corrected chi connectivity index (χ2v) is 8.91. The topological polar surface area (TPSA) is 131 Å². The Bertz CT molecular complexity index is 878. The van der Waals surface area contributed by atoms with E-state index in [2.05, 4.69) is 17.2 Å². The van der Waals surface area contributed by atoms with E-state index in [9.17, 15) is 19.2 Å². The highest BCUT2D eigenvalue weighted by Crippen LogP contribution is 2.24. The number of ether oxygens (including phenoxy) is 1. The Labute approximate surface area is 202 Å². The van der Waals surface area contributed by atoms with Crippen molar-refractivity contribution < 1.29 is 23.9 Å². The van der Waals surface area contributed by atoms with Crippen LogP contribution in [-0.4, -0.2) is 53.4 Å². The van der Waals surface area contributed by atoms with E-state index < -0.39 is 42.0 Å². The monoisotopic (exact) mass is 474 g/mol. The average molecular weight is 475 g/mol. The molecular weight excluding hydrogens is 436 g/mol. The van der Waals surface area contributed by atoms with Gasteiger partial charge in [-0.1, -0.05) is 44.2 Å². The molecule has 0 saturated heterocycles. The molecule has 0 spiro atoms. The minimum atomic E-state index is -1.29. The van der Waals surface area contributed by atoms with Gasteiger partial charge >= 0.3 is 6.09 Å². The third-order valence-corrected chi connectivity index (χ3v) is 4.87. The van der Waals surface area contributed by atoms with Crippen LogP contribution in [0.3, 0.4) is 0 Å². The number of carbonyl (C=O) groups excluding carboxylic acids is 4. The number of nitrogens with one attached hydrogen (secondary N) is 2. The van der Waals surface area contributed by atoms with Crippen LogP contribution >= 0.6 is 0 Å². The molecule has 0 aromatic heterocycles. The van der Waals surface area contributed by atoms with Crippen molar-refractivity contribution in [2.45, 2.75) is 71.6 Å². The predicted molar refractivity (Wildman–Crippen MR) is 132 cm³/mol. The third kappa shape index (κ3) is 9.25. The highest BCUT2D eigenvalue weighted by Gasteiger charge is 2.36. The van der Waals surface area contributed by atoms with Gasteiger partial charge in [0, 0.05) is 13.1 Å². The Balaban J connectivity index is 3.36. The molecule has 4 amide bonds. The van der Waals surface area contributed by atoms with Crippen LogP contribution in [0.25, 0.3) is 6.08 Å². The van der Waals surface area contributed by atoms with Crippen molar-refractivity contribution in [3.05, 3.63) is 42.0 Å². The van der Waals surface area contributed by atoms with Gasteiger partial charge in [-0.2, -0.15) is 0 Å². The van der Waals surface area contributed by atoms with E-state index in [1.54, 1.807) is 52.0 Å². The maximum Gasteiger partial charge on any atom is 0.408 e. The maximum atomic E-state index is 13.6. The number of hydrogen-bond acceptors (Lipinski definition) is 5. The Morgan fingerprint density at radius 1 is 1.21 bits per heavy atom. The van der Waals surface area contributed by atoms with E-state index in [4.69, 9.17) is 10.5 Å². The second kappa shape index (κ2) is 13.4. The summed E-state index contributed by atoms with van der Waals surface area (Å²) in [4.78, 5) is 52.2. The van der Waals surface area contributed by atoms with Crippen LogP contribution in [0.1, 0.15) is 71.0 Å². The number of unbranched alkanes of at least 4 members (excludes halogenated alkanes) is 1. The van der Waals surface area contributed by atoms with Gasteiger partial charge in [-0.25, -0.2) is 4.79 Å². The number of likely N-dealkylation sites (N-methyl/N-ethyl adjacent to an activating group) is 1. The van der Waals surface area contributed by atoms with Crippen molar-refractivity contribution in [2.24, 2.45) is 5.73 Å². The lowest BCUT2D eigenvalue weighted by molar-refractivity contribution is -0.143. The number of hydrogen-bond donors (Lipinski definition) is 3. The van der Waals surface area contributed by atoms with E-state index in [0.29, 0.717) is 12.1 Å². The summed E-state index contributed by atoms with van der Waals surface area (Å²) in [5, 5.41) is 5.32. The highest BCUT2D eigenvalue weighted by molar-refractivity contribution is 5.94. The molecule has 9 heteroatoms. The van der Waals surface area contributed by atoms with Crippen molar-refractivity contribution in [1.29, 1.82) is 0 Å². The molecule has 0 aliphatic carbocycles. The zero-order chi connectivity index (χ0) is 25.9. The molecule has 188 valence electrons. The molecule has 0 radical (unpaired) electrons. The summed E-state index contributed by atoms with van der Waals surface area (Å²) in [5.41, 5.74) is 5.91. The molecule has 0 fully saturated rings. The molecule has 0 heterocycles. The minimum Gasteiger partial charge on any atom is -0.444 e. The Morgan fingerprint density at radius 3 is 2.41 bits per heavy atom. The number of primary amides is 1. The number of nitrogens with two attached hydrogens (primary N) is 1. The lowest BCUT2D eigenvalue weighted by atomic mass is 10.00. The lowest BCUT2D eigenvalue weighted by Crippen LogP contribution is -2.54. The Kier molecular flexibility index (Phi) is 11.3. The first-order valence-corrected chi connectivity index (χ1v) is 11.5. The van der Waals surface area contributed by atoms with Crippen molar-refractivity contribution in [3.63, 3.8) is 0 Å². The summed E-state index contributed by atoms with van der Waals surface area (Å²) in [6.07, 6.45) is 2.03. The number of rotatable bonds is 12. The van der Waals surface area contributed by atoms with Gasteiger partial charge in [0.1, 0.15) is 17.7 Å². The molecule has 0 aliphatic rings. The van der Waals surface area contributed by atoms with E-state index >= 15 is 0 Å². The minimum absolute atomic E-state index is 0.147. The fourth-order valence-corrected chi connectivity index (χ4v) is 3.33. The fourth-order valence-electron chi connectivity index (χ4n) is 3.33. The third-order valence-electron chi connectivity index (χ3n) is 4.87. The molecule has 2 atom stereocenters. The van der Waals surface area contributed by atoms with Crippen molar-refractivity contribution in [1.82, 2.24) is 15.5 Å². The zero-order valence-electron chi connectivity index (χ0n) is 20.8. The van der Waals surface area contributed by atoms with Gasteiger partial charge in [-0.05, 0) is 51.3 Å². The van der Waals surface area contributed by atoms with E-state index in [1.807, 2.05) is 13.0 Å².